The SMILES string of the molecule is CCOC(=O)C(C)Sc1nc(C)cc(C)c1C#N. The standard InChI is InChI=1S/C13H16N2O2S/c1-5-17-13(16)10(4)18-12-11(7-14)8(2)6-9(3)15-12/h6,10H,5H2,1-4H3. The second-order valence-corrected chi connectivity index (χ2v) is 5.21. The Kier molecular flexibility index (Phi) is 5.17. The Morgan fingerprint density at radius 2 is 2.28 bits per heavy atom. The van der Waals surface area contributed by atoms with Crippen molar-refractivity contribution >= 4 is 17.7 Å². The van der Waals surface area contributed by atoms with Crippen molar-refractivity contribution in [2.24, 2.45) is 0 Å². The molecule has 0 aliphatic carbocycles. The molecule has 0 bridgehead atoms. The van der Waals surface area contributed by atoms with E-state index in [0.717, 1.165) is 11.3 Å². The van der Waals surface area contributed by atoms with E-state index in [2.05, 4.69) is 11.1 Å². The second kappa shape index (κ2) is 6.41. The number of hydrogen-bond acceptors (Lipinski definition) is 5. The smallest absolute Gasteiger partial charge is 0.319 e. The molecule has 96 valence electrons. The third-order valence-electron chi connectivity index (χ3n) is 2.33. The summed E-state index contributed by atoms with van der Waals surface area (Å²) in [5, 5.41) is 9.35. The van der Waals surface area contributed by atoms with Gasteiger partial charge in [-0.1, -0.05) is 11.8 Å². The first-order chi connectivity index (χ1) is 8.49. The molecular formula is C13H16N2O2S. The molecule has 0 saturated heterocycles. The van der Waals surface area contributed by atoms with Gasteiger partial charge in [0.15, 0.2) is 0 Å². The minimum Gasteiger partial charge on any atom is -0.465 e. The van der Waals surface area contributed by atoms with Crippen LogP contribution in [0.3, 0.4) is 0 Å². The number of nitrogens with zero attached hydrogens (tertiary/aromatic N) is 2. The first kappa shape index (κ1) is 14.5. The average molecular weight is 264 g/mol. The lowest BCUT2D eigenvalue weighted by molar-refractivity contribution is -0.142. The molecule has 0 aromatic carbocycles. The van der Waals surface area contributed by atoms with Crippen molar-refractivity contribution in [3.63, 3.8) is 0 Å². The van der Waals surface area contributed by atoms with Gasteiger partial charge in [-0.2, -0.15) is 5.26 Å². The molecule has 5 heteroatoms. The Morgan fingerprint density at radius 1 is 1.61 bits per heavy atom. The van der Waals surface area contributed by atoms with Crippen molar-refractivity contribution in [2.75, 3.05) is 6.61 Å². The molecule has 1 rings (SSSR count). The summed E-state index contributed by atoms with van der Waals surface area (Å²) in [4.78, 5) is 15.9. The molecule has 1 aromatic rings. The maximum absolute atomic E-state index is 11.6. The number of nitriles is 1. The largest absolute Gasteiger partial charge is 0.465 e. The molecule has 0 amide bonds. The van der Waals surface area contributed by atoms with Crippen LogP contribution >= 0.6 is 11.8 Å². The minimum absolute atomic E-state index is 0.285. The number of esters is 1. The highest BCUT2D eigenvalue weighted by molar-refractivity contribution is 8.00. The van der Waals surface area contributed by atoms with E-state index >= 15 is 0 Å². The van der Waals surface area contributed by atoms with Crippen LogP contribution in [0.5, 0.6) is 0 Å². The van der Waals surface area contributed by atoms with E-state index in [9.17, 15) is 4.79 Å². The average Bonchev–Trinajstić information content (AvgIpc) is 2.28. The van der Waals surface area contributed by atoms with Gasteiger partial charge in [0.25, 0.3) is 0 Å². The highest BCUT2D eigenvalue weighted by Crippen LogP contribution is 2.27. The van der Waals surface area contributed by atoms with Gasteiger partial charge in [-0.05, 0) is 39.3 Å². The van der Waals surface area contributed by atoms with E-state index in [0.29, 0.717) is 17.2 Å². The minimum atomic E-state index is -0.370. The van der Waals surface area contributed by atoms with Crippen LogP contribution < -0.4 is 0 Å². The number of ether oxygens (including phenoxy) is 1. The fourth-order valence-corrected chi connectivity index (χ4v) is 2.52. The summed E-state index contributed by atoms with van der Waals surface area (Å²) in [5.41, 5.74) is 2.25. The van der Waals surface area contributed by atoms with Crippen molar-refractivity contribution in [1.29, 1.82) is 5.26 Å². The molecule has 0 N–H and O–H groups in total. The maximum atomic E-state index is 11.6. The van der Waals surface area contributed by atoms with Crippen LogP contribution in [-0.2, 0) is 9.53 Å². The quantitative estimate of drug-likeness (QED) is 0.618. The second-order valence-electron chi connectivity index (χ2n) is 3.88. The number of aryl methyl sites for hydroxylation is 2. The lowest BCUT2D eigenvalue weighted by atomic mass is 10.1. The van der Waals surface area contributed by atoms with Gasteiger partial charge in [0.1, 0.15) is 16.3 Å². The van der Waals surface area contributed by atoms with E-state index in [1.54, 1.807) is 13.8 Å². The molecule has 1 atom stereocenters. The molecule has 0 fully saturated rings. The fraction of sp³-hybridized carbons (Fsp3) is 0.462. The lowest BCUT2D eigenvalue weighted by Gasteiger charge is -2.12. The number of pyridine rings is 1. The molecule has 1 aromatic heterocycles. The number of aromatic nitrogens is 1. The molecule has 0 aliphatic rings. The van der Waals surface area contributed by atoms with Crippen molar-refractivity contribution in [3.05, 3.63) is 22.9 Å². The van der Waals surface area contributed by atoms with Crippen molar-refractivity contribution in [3.8, 4) is 6.07 Å². The molecule has 0 aliphatic heterocycles. The number of rotatable bonds is 4. The summed E-state index contributed by atoms with van der Waals surface area (Å²) in [5.74, 6) is -0.285. The van der Waals surface area contributed by atoms with Crippen LogP contribution in [0.2, 0.25) is 0 Å². The molecule has 4 nitrogen and oxygen atoms in total. The van der Waals surface area contributed by atoms with Gasteiger partial charge in [0.2, 0.25) is 0 Å². The summed E-state index contributed by atoms with van der Waals surface area (Å²) in [7, 11) is 0. The third-order valence-corrected chi connectivity index (χ3v) is 3.39. The van der Waals surface area contributed by atoms with Gasteiger partial charge in [0, 0.05) is 5.69 Å². The predicted molar refractivity (Wildman–Crippen MR) is 70.4 cm³/mol. The van der Waals surface area contributed by atoms with E-state index < -0.39 is 0 Å². The van der Waals surface area contributed by atoms with Crippen molar-refractivity contribution in [1.82, 2.24) is 4.98 Å². The summed E-state index contributed by atoms with van der Waals surface area (Å²) in [6, 6.07) is 3.99. The third kappa shape index (κ3) is 3.47. The van der Waals surface area contributed by atoms with Crippen LogP contribution in [0.4, 0.5) is 0 Å². The van der Waals surface area contributed by atoms with Crippen LogP contribution in [0.1, 0.15) is 30.7 Å². The zero-order valence-electron chi connectivity index (χ0n) is 11.0. The number of hydrogen-bond donors (Lipinski definition) is 0. The Morgan fingerprint density at radius 3 is 2.83 bits per heavy atom. The van der Waals surface area contributed by atoms with Crippen LogP contribution in [0, 0.1) is 25.2 Å². The Balaban J connectivity index is 2.97. The van der Waals surface area contributed by atoms with Gasteiger partial charge in [-0.3, -0.25) is 4.79 Å². The van der Waals surface area contributed by atoms with Gasteiger partial charge >= 0.3 is 5.97 Å². The number of carbonyl (C=O) groups excluding carboxylic acids is 1. The Labute approximate surface area is 111 Å². The molecule has 18 heavy (non-hydrogen) atoms. The summed E-state index contributed by atoms with van der Waals surface area (Å²) in [6.45, 7) is 7.61. The summed E-state index contributed by atoms with van der Waals surface area (Å²) < 4.78 is 4.94. The zero-order valence-corrected chi connectivity index (χ0v) is 11.8. The molecule has 0 radical (unpaired) electrons. The predicted octanol–water partition coefficient (Wildman–Crippen LogP) is 2.61. The highest BCUT2D eigenvalue weighted by Gasteiger charge is 2.19. The summed E-state index contributed by atoms with van der Waals surface area (Å²) >= 11 is 1.26. The number of thioether (sulfide) groups is 1. The van der Waals surface area contributed by atoms with Crippen LogP contribution in [-0.4, -0.2) is 22.8 Å². The molecule has 0 spiro atoms. The molecule has 0 saturated carbocycles. The van der Waals surface area contributed by atoms with Crippen molar-refractivity contribution < 1.29 is 9.53 Å². The Hall–Kier alpha value is -1.54. The molecular weight excluding hydrogens is 248 g/mol. The highest BCUT2D eigenvalue weighted by atomic mass is 32.2. The molecule has 1 heterocycles. The normalized spacial score (nSPS) is 11.7. The van der Waals surface area contributed by atoms with E-state index in [4.69, 9.17) is 10.00 Å². The maximum Gasteiger partial charge on any atom is 0.319 e. The van der Waals surface area contributed by atoms with E-state index in [1.807, 2.05) is 19.9 Å². The Bertz CT molecular complexity index is 494. The summed E-state index contributed by atoms with van der Waals surface area (Å²) in [6.07, 6.45) is 0. The van der Waals surface area contributed by atoms with Crippen LogP contribution in [0.25, 0.3) is 0 Å². The lowest BCUT2D eigenvalue weighted by Crippen LogP contribution is -2.17. The van der Waals surface area contributed by atoms with Gasteiger partial charge in [-0.15, -0.1) is 0 Å². The monoisotopic (exact) mass is 264 g/mol. The van der Waals surface area contributed by atoms with Crippen LogP contribution in [0.15, 0.2) is 11.1 Å². The topological polar surface area (TPSA) is 63.0 Å². The van der Waals surface area contributed by atoms with Crippen molar-refractivity contribution in [2.45, 2.75) is 38.0 Å². The van der Waals surface area contributed by atoms with E-state index in [1.165, 1.54) is 11.8 Å². The van der Waals surface area contributed by atoms with Gasteiger partial charge in [0.05, 0.1) is 12.2 Å². The first-order valence-corrected chi connectivity index (χ1v) is 6.59. The first-order valence-electron chi connectivity index (χ1n) is 5.71. The number of carbonyl (C=O) groups is 1. The van der Waals surface area contributed by atoms with Gasteiger partial charge < -0.3 is 4.74 Å². The van der Waals surface area contributed by atoms with Gasteiger partial charge in [-0.25, -0.2) is 4.98 Å². The fourth-order valence-electron chi connectivity index (χ4n) is 1.50. The molecule has 1 unspecified atom stereocenters. The van der Waals surface area contributed by atoms with E-state index in [-0.39, 0.29) is 11.2 Å². The zero-order chi connectivity index (χ0) is 13.7.